The molecule has 7 nitrogen and oxygen atoms in total. The number of amides is 1. The summed E-state index contributed by atoms with van der Waals surface area (Å²) in [5, 5.41) is 3.58. The number of halogens is 2. The average molecular weight is 466 g/mol. The van der Waals surface area contributed by atoms with Crippen LogP contribution in [-0.4, -0.2) is 44.7 Å². The van der Waals surface area contributed by atoms with Gasteiger partial charge in [-0.05, 0) is 37.0 Å². The van der Waals surface area contributed by atoms with Crippen LogP contribution in [0.15, 0.2) is 35.1 Å². The summed E-state index contributed by atoms with van der Waals surface area (Å²) in [7, 11) is 1.68. The van der Waals surface area contributed by atoms with Crippen LogP contribution >= 0.6 is 24.8 Å². The second kappa shape index (κ2) is 9.85. The number of aryl methyl sites for hydroxylation is 3. The van der Waals surface area contributed by atoms with E-state index in [1.165, 1.54) is 10.2 Å². The lowest BCUT2D eigenvalue weighted by atomic mass is 9.95. The molecule has 1 aliphatic rings. The van der Waals surface area contributed by atoms with Crippen molar-refractivity contribution in [3.63, 3.8) is 0 Å². The molecule has 31 heavy (non-hydrogen) atoms. The third-order valence-corrected chi connectivity index (χ3v) is 6.11. The fourth-order valence-electron chi connectivity index (χ4n) is 4.45. The third kappa shape index (κ3) is 4.63. The second-order valence-electron chi connectivity index (χ2n) is 7.98. The lowest BCUT2D eigenvalue weighted by Gasteiger charge is -2.17. The van der Waals surface area contributed by atoms with Gasteiger partial charge in [-0.3, -0.25) is 19.4 Å². The zero-order valence-electron chi connectivity index (χ0n) is 17.9. The van der Waals surface area contributed by atoms with Crippen LogP contribution in [0.25, 0.3) is 11.0 Å². The standard InChI is InChI=1S/C22H27N5O2.2ClH/c1-13-16(14(2)24-21-20(13)22(29)26(3)25-21)9-10-19(28)27-11-17(18(23)12-27)15-7-5-4-6-8-15;;/h4-8,17-18H,9-12,23H2,1-3H3,(H,24,25);2*1H/t17-,18+;;/m0../s1. The first kappa shape index (κ1) is 24.9. The largest absolute Gasteiger partial charge is 0.340 e. The Morgan fingerprint density at radius 2 is 1.87 bits per heavy atom. The number of rotatable bonds is 4. The van der Waals surface area contributed by atoms with Crippen molar-refractivity contribution in [2.45, 2.75) is 38.6 Å². The van der Waals surface area contributed by atoms with E-state index in [2.05, 4.69) is 22.2 Å². The maximum Gasteiger partial charge on any atom is 0.276 e. The smallest absolute Gasteiger partial charge is 0.276 e. The molecule has 2 atom stereocenters. The SMILES string of the molecule is Cc1nc2[nH]n(C)c(=O)c2c(C)c1CCC(=O)N1C[C@@H](N)[C@H](c2ccccc2)C1.Cl.Cl. The Morgan fingerprint density at radius 3 is 2.55 bits per heavy atom. The minimum Gasteiger partial charge on any atom is -0.340 e. The zero-order valence-corrected chi connectivity index (χ0v) is 19.6. The molecule has 0 spiro atoms. The Kier molecular flexibility index (Phi) is 7.92. The number of carbonyl (C=O) groups excluding carboxylic acids is 1. The highest BCUT2D eigenvalue weighted by Gasteiger charge is 2.33. The molecule has 3 aromatic rings. The molecule has 1 aliphatic heterocycles. The van der Waals surface area contributed by atoms with Crippen LogP contribution in [0.3, 0.4) is 0 Å². The molecule has 0 unspecified atom stereocenters. The number of hydrogen-bond acceptors (Lipinski definition) is 4. The van der Waals surface area contributed by atoms with E-state index < -0.39 is 0 Å². The summed E-state index contributed by atoms with van der Waals surface area (Å²) < 4.78 is 1.44. The van der Waals surface area contributed by atoms with E-state index >= 15 is 0 Å². The Bertz CT molecular complexity index is 1130. The highest BCUT2D eigenvalue weighted by molar-refractivity contribution is 5.85. The zero-order chi connectivity index (χ0) is 20.7. The number of nitrogens with zero attached hydrogens (tertiary/aromatic N) is 3. The summed E-state index contributed by atoms with van der Waals surface area (Å²) in [5.74, 6) is 0.268. The maximum absolute atomic E-state index is 12.9. The van der Waals surface area contributed by atoms with Gasteiger partial charge in [0, 0.05) is 44.2 Å². The number of hydrogen-bond donors (Lipinski definition) is 2. The Hall–Kier alpha value is -2.35. The highest BCUT2D eigenvalue weighted by Crippen LogP contribution is 2.27. The fraction of sp³-hybridized carbons (Fsp3) is 0.409. The summed E-state index contributed by atoms with van der Waals surface area (Å²) in [5.41, 5.74) is 10.8. The molecule has 9 heteroatoms. The molecule has 4 rings (SSSR count). The first-order valence-corrected chi connectivity index (χ1v) is 10.00. The second-order valence-corrected chi connectivity index (χ2v) is 7.98. The number of H-pyrrole nitrogens is 1. The number of benzene rings is 1. The van der Waals surface area contributed by atoms with Gasteiger partial charge in [-0.25, -0.2) is 4.98 Å². The number of aromatic amines is 1. The van der Waals surface area contributed by atoms with Crippen LogP contribution in [0.4, 0.5) is 0 Å². The Morgan fingerprint density at radius 1 is 1.19 bits per heavy atom. The summed E-state index contributed by atoms with van der Waals surface area (Å²) in [6, 6.07) is 10.1. The van der Waals surface area contributed by atoms with E-state index in [9.17, 15) is 9.59 Å². The van der Waals surface area contributed by atoms with Gasteiger partial charge in [-0.15, -0.1) is 24.8 Å². The van der Waals surface area contributed by atoms with Crippen molar-refractivity contribution in [1.29, 1.82) is 0 Å². The van der Waals surface area contributed by atoms with Gasteiger partial charge in [0.05, 0.1) is 5.39 Å². The van der Waals surface area contributed by atoms with E-state index in [1.807, 2.05) is 36.9 Å². The molecule has 3 heterocycles. The van der Waals surface area contributed by atoms with Gasteiger partial charge in [0.2, 0.25) is 5.91 Å². The Balaban J connectivity index is 0.00000171. The fourth-order valence-corrected chi connectivity index (χ4v) is 4.45. The number of likely N-dealkylation sites (tertiary alicyclic amines) is 1. The summed E-state index contributed by atoms with van der Waals surface area (Å²) in [6.07, 6.45) is 0.948. The van der Waals surface area contributed by atoms with Crippen molar-refractivity contribution in [2.24, 2.45) is 12.8 Å². The molecule has 2 aromatic heterocycles. The van der Waals surface area contributed by atoms with Crippen LogP contribution in [0, 0.1) is 13.8 Å². The molecular weight excluding hydrogens is 437 g/mol. The molecule has 0 bridgehead atoms. The molecule has 0 radical (unpaired) electrons. The highest BCUT2D eigenvalue weighted by atomic mass is 35.5. The third-order valence-electron chi connectivity index (χ3n) is 6.11. The van der Waals surface area contributed by atoms with Gasteiger partial charge in [-0.1, -0.05) is 30.3 Å². The van der Waals surface area contributed by atoms with Crippen molar-refractivity contribution in [3.8, 4) is 0 Å². The molecule has 3 N–H and O–H groups in total. The van der Waals surface area contributed by atoms with Crippen molar-refractivity contribution in [2.75, 3.05) is 13.1 Å². The van der Waals surface area contributed by atoms with Gasteiger partial charge in [0.25, 0.3) is 5.56 Å². The molecule has 0 saturated carbocycles. The van der Waals surface area contributed by atoms with Crippen molar-refractivity contribution in [1.82, 2.24) is 19.7 Å². The predicted molar refractivity (Wildman–Crippen MR) is 127 cm³/mol. The minimum atomic E-state index is -0.0891. The number of nitrogens with one attached hydrogen (secondary N) is 1. The first-order valence-electron chi connectivity index (χ1n) is 10.00. The molecule has 0 aliphatic carbocycles. The number of nitrogens with two attached hydrogens (primary N) is 1. The van der Waals surface area contributed by atoms with Crippen LogP contribution in [0.1, 0.15) is 34.7 Å². The number of aromatic nitrogens is 3. The van der Waals surface area contributed by atoms with Crippen LogP contribution < -0.4 is 11.3 Å². The lowest BCUT2D eigenvalue weighted by molar-refractivity contribution is -0.130. The minimum absolute atomic E-state index is 0. The topological polar surface area (TPSA) is 97.0 Å². The van der Waals surface area contributed by atoms with Crippen LogP contribution in [0.5, 0.6) is 0 Å². The van der Waals surface area contributed by atoms with Crippen LogP contribution in [0.2, 0.25) is 0 Å². The van der Waals surface area contributed by atoms with Gasteiger partial charge >= 0.3 is 0 Å². The van der Waals surface area contributed by atoms with E-state index in [-0.39, 0.29) is 48.2 Å². The molecule has 1 fully saturated rings. The van der Waals surface area contributed by atoms with E-state index in [0.717, 1.165) is 16.8 Å². The molecule has 1 aromatic carbocycles. The van der Waals surface area contributed by atoms with E-state index in [0.29, 0.717) is 37.0 Å². The van der Waals surface area contributed by atoms with E-state index in [4.69, 9.17) is 5.73 Å². The predicted octanol–water partition coefficient (Wildman–Crippen LogP) is 2.61. The number of pyridine rings is 1. The normalized spacial score (nSPS) is 18.0. The van der Waals surface area contributed by atoms with Gasteiger partial charge in [0.15, 0.2) is 5.65 Å². The van der Waals surface area contributed by atoms with Crippen molar-refractivity contribution in [3.05, 3.63) is 63.1 Å². The average Bonchev–Trinajstić information content (AvgIpc) is 3.22. The molecular formula is C22H29Cl2N5O2. The number of carbonyl (C=O) groups is 1. The number of fused-ring (bicyclic) bond motifs is 1. The Labute approximate surface area is 193 Å². The molecule has 1 amide bonds. The monoisotopic (exact) mass is 465 g/mol. The quantitative estimate of drug-likeness (QED) is 0.618. The van der Waals surface area contributed by atoms with Gasteiger partial charge in [0.1, 0.15) is 0 Å². The lowest BCUT2D eigenvalue weighted by Crippen LogP contribution is -2.32. The summed E-state index contributed by atoms with van der Waals surface area (Å²) in [4.78, 5) is 31.7. The molecule has 1 saturated heterocycles. The van der Waals surface area contributed by atoms with Crippen molar-refractivity contribution < 1.29 is 4.79 Å². The maximum atomic E-state index is 12.9. The van der Waals surface area contributed by atoms with Gasteiger partial charge in [-0.2, -0.15) is 0 Å². The summed E-state index contributed by atoms with van der Waals surface area (Å²) >= 11 is 0. The first-order chi connectivity index (χ1) is 13.9. The van der Waals surface area contributed by atoms with E-state index in [1.54, 1.807) is 7.05 Å². The van der Waals surface area contributed by atoms with Crippen molar-refractivity contribution >= 4 is 41.8 Å². The van der Waals surface area contributed by atoms with Gasteiger partial charge < -0.3 is 10.6 Å². The molecule has 168 valence electrons. The van der Waals surface area contributed by atoms with Crippen LogP contribution in [-0.2, 0) is 18.3 Å². The summed E-state index contributed by atoms with van der Waals surface area (Å²) in [6.45, 7) is 5.08.